The van der Waals surface area contributed by atoms with Gasteiger partial charge in [-0.05, 0) is 43.1 Å². The summed E-state index contributed by atoms with van der Waals surface area (Å²) >= 11 is 3.75. The fourth-order valence-corrected chi connectivity index (χ4v) is 3.44. The van der Waals surface area contributed by atoms with Gasteiger partial charge in [-0.2, -0.15) is 0 Å². The lowest BCUT2D eigenvalue weighted by atomic mass is 9.79. The van der Waals surface area contributed by atoms with Gasteiger partial charge >= 0.3 is 0 Å². The molecule has 18 heavy (non-hydrogen) atoms. The van der Waals surface area contributed by atoms with E-state index >= 15 is 0 Å². The Morgan fingerprint density at radius 1 is 1.44 bits per heavy atom. The summed E-state index contributed by atoms with van der Waals surface area (Å²) in [6.45, 7) is 2.29. The maximum atomic E-state index is 10.8. The first kappa shape index (κ1) is 13.5. The second-order valence-electron chi connectivity index (χ2n) is 5.33. The minimum absolute atomic E-state index is 0.197. The van der Waals surface area contributed by atoms with Crippen molar-refractivity contribution in [1.29, 1.82) is 0 Å². The van der Waals surface area contributed by atoms with Crippen molar-refractivity contribution in [3.05, 3.63) is 39.9 Å². The van der Waals surface area contributed by atoms with Crippen LogP contribution in [0.1, 0.15) is 31.7 Å². The molecule has 0 bridgehead atoms. The highest BCUT2D eigenvalue weighted by atomic mass is 79.9. The van der Waals surface area contributed by atoms with Gasteiger partial charge in [0.25, 0.3) is 5.69 Å². The van der Waals surface area contributed by atoms with E-state index in [9.17, 15) is 10.1 Å². The normalized spacial score (nSPS) is 28.0. The second kappa shape index (κ2) is 5.83. The topological polar surface area (TPSA) is 43.1 Å². The highest BCUT2D eigenvalue weighted by Gasteiger charge is 2.27. The largest absolute Gasteiger partial charge is 0.269 e. The lowest BCUT2D eigenvalue weighted by Gasteiger charge is -2.31. The van der Waals surface area contributed by atoms with Gasteiger partial charge in [-0.1, -0.05) is 35.0 Å². The zero-order chi connectivity index (χ0) is 13.1. The summed E-state index contributed by atoms with van der Waals surface area (Å²) in [7, 11) is 0. The molecule has 1 aromatic carbocycles. The molecule has 0 radical (unpaired) electrons. The molecule has 0 heterocycles. The standard InChI is InChI=1S/C14H18BrNO2/c1-10-5-6-14(15)12(7-10)8-11-3-2-4-13(9-11)16(17)18/h2-4,9-10,12,14H,5-8H2,1H3. The summed E-state index contributed by atoms with van der Waals surface area (Å²) in [5.41, 5.74) is 1.27. The number of halogens is 1. The van der Waals surface area contributed by atoms with Crippen LogP contribution < -0.4 is 0 Å². The Labute approximate surface area is 116 Å². The van der Waals surface area contributed by atoms with Gasteiger partial charge in [0.05, 0.1) is 4.92 Å². The van der Waals surface area contributed by atoms with Gasteiger partial charge in [-0.15, -0.1) is 0 Å². The number of benzene rings is 1. The number of nitrogens with zero attached hydrogens (tertiary/aromatic N) is 1. The molecule has 3 nitrogen and oxygen atoms in total. The van der Waals surface area contributed by atoms with Gasteiger partial charge in [0.1, 0.15) is 0 Å². The van der Waals surface area contributed by atoms with Crippen LogP contribution in [0.5, 0.6) is 0 Å². The molecular weight excluding hydrogens is 294 g/mol. The summed E-state index contributed by atoms with van der Waals surface area (Å²) in [6.07, 6.45) is 4.63. The van der Waals surface area contributed by atoms with Gasteiger partial charge in [0.2, 0.25) is 0 Å². The lowest BCUT2D eigenvalue weighted by Crippen LogP contribution is -2.25. The van der Waals surface area contributed by atoms with Gasteiger partial charge in [-0.3, -0.25) is 10.1 Å². The van der Waals surface area contributed by atoms with Crippen LogP contribution >= 0.6 is 15.9 Å². The molecule has 1 fully saturated rings. The molecule has 2 rings (SSSR count). The third-order valence-corrected chi connectivity index (χ3v) is 4.98. The molecule has 0 aliphatic heterocycles. The molecule has 1 aromatic rings. The third-order valence-electron chi connectivity index (χ3n) is 3.77. The van der Waals surface area contributed by atoms with Crippen LogP contribution in [0.25, 0.3) is 0 Å². The lowest BCUT2D eigenvalue weighted by molar-refractivity contribution is -0.384. The van der Waals surface area contributed by atoms with Gasteiger partial charge in [-0.25, -0.2) is 0 Å². The van der Waals surface area contributed by atoms with Gasteiger partial charge in [0.15, 0.2) is 0 Å². The molecule has 0 saturated heterocycles. The fourth-order valence-electron chi connectivity index (χ4n) is 2.77. The molecule has 3 atom stereocenters. The smallest absolute Gasteiger partial charge is 0.258 e. The highest BCUT2D eigenvalue weighted by Crippen LogP contribution is 2.35. The number of alkyl halides is 1. The maximum Gasteiger partial charge on any atom is 0.269 e. The maximum absolute atomic E-state index is 10.8. The molecule has 1 saturated carbocycles. The monoisotopic (exact) mass is 311 g/mol. The zero-order valence-electron chi connectivity index (χ0n) is 10.5. The molecule has 3 unspecified atom stereocenters. The van der Waals surface area contributed by atoms with E-state index in [-0.39, 0.29) is 10.6 Å². The Morgan fingerprint density at radius 3 is 2.94 bits per heavy atom. The van der Waals surface area contributed by atoms with Crippen molar-refractivity contribution in [1.82, 2.24) is 0 Å². The van der Waals surface area contributed by atoms with E-state index in [1.807, 2.05) is 6.07 Å². The van der Waals surface area contributed by atoms with Crippen LogP contribution in [0.3, 0.4) is 0 Å². The number of nitro benzene ring substituents is 1. The quantitative estimate of drug-likeness (QED) is 0.473. The first-order chi connectivity index (χ1) is 8.56. The second-order valence-corrected chi connectivity index (χ2v) is 6.50. The predicted molar refractivity (Wildman–Crippen MR) is 76.0 cm³/mol. The summed E-state index contributed by atoms with van der Waals surface area (Å²) in [4.78, 5) is 11.0. The first-order valence-corrected chi connectivity index (χ1v) is 7.35. The van der Waals surface area contributed by atoms with E-state index in [2.05, 4.69) is 22.9 Å². The Bertz CT molecular complexity index is 436. The van der Waals surface area contributed by atoms with Crippen molar-refractivity contribution in [3.8, 4) is 0 Å². The Balaban J connectivity index is 2.08. The van der Waals surface area contributed by atoms with Crippen LogP contribution in [-0.4, -0.2) is 9.75 Å². The number of hydrogen-bond acceptors (Lipinski definition) is 2. The van der Waals surface area contributed by atoms with Crippen LogP contribution in [0.15, 0.2) is 24.3 Å². The first-order valence-electron chi connectivity index (χ1n) is 6.43. The Kier molecular flexibility index (Phi) is 4.38. The van der Waals surface area contributed by atoms with Gasteiger partial charge < -0.3 is 0 Å². The molecular formula is C14H18BrNO2. The summed E-state index contributed by atoms with van der Waals surface area (Å²) < 4.78 is 0. The summed E-state index contributed by atoms with van der Waals surface area (Å²) in [5, 5.41) is 10.8. The number of non-ortho nitro benzene ring substituents is 1. The van der Waals surface area contributed by atoms with Gasteiger partial charge in [0, 0.05) is 17.0 Å². The van der Waals surface area contributed by atoms with Crippen molar-refractivity contribution in [2.75, 3.05) is 0 Å². The minimum Gasteiger partial charge on any atom is -0.258 e. The molecule has 0 amide bonds. The van der Waals surface area contributed by atoms with Crippen LogP contribution in [0, 0.1) is 22.0 Å². The average Bonchev–Trinajstić information content (AvgIpc) is 2.34. The average molecular weight is 312 g/mol. The molecule has 0 spiro atoms. The molecule has 98 valence electrons. The fraction of sp³-hybridized carbons (Fsp3) is 0.571. The van der Waals surface area contributed by atoms with E-state index in [0.29, 0.717) is 10.7 Å². The van der Waals surface area contributed by atoms with E-state index < -0.39 is 0 Å². The zero-order valence-corrected chi connectivity index (χ0v) is 12.1. The van der Waals surface area contributed by atoms with Crippen molar-refractivity contribution >= 4 is 21.6 Å². The molecule has 1 aliphatic carbocycles. The Hall–Kier alpha value is -0.900. The molecule has 1 aliphatic rings. The van der Waals surface area contributed by atoms with Crippen molar-refractivity contribution < 1.29 is 4.92 Å². The van der Waals surface area contributed by atoms with Crippen LogP contribution in [0.2, 0.25) is 0 Å². The van der Waals surface area contributed by atoms with Crippen LogP contribution in [0.4, 0.5) is 5.69 Å². The number of hydrogen-bond donors (Lipinski definition) is 0. The number of rotatable bonds is 3. The summed E-state index contributed by atoms with van der Waals surface area (Å²) in [5.74, 6) is 1.36. The van der Waals surface area contributed by atoms with E-state index in [1.54, 1.807) is 18.2 Å². The van der Waals surface area contributed by atoms with Crippen molar-refractivity contribution in [3.63, 3.8) is 0 Å². The minimum atomic E-state index is -0.321. The Morgan fingerprint density at radius 2 is 2.22 bits per heavy atom. The molecule has 4 heteroatoms. The summed E-state index contributed by atoms with van der Waals surface area (Å²) in [6, 6.07) is 7.03. The molecule has 0 N–H and O–H groups in total. The van der Waals surface area contributed by atoms with Crippen molar-refractivity contribution in [2.24, 2.45) is 11.8 Å². The third kappa shape index (κ3) is 3.31. The number of nitro groups is 1. The SMILES string of the molecule is CC1CCC(Br)C(Cc2cccc([N+](=O)[O-])c2)C1. The van der Waals surface area contributed by atoms with Crippen LogP contribution in [-0.2, 0) is 6.42 Å². The van der Waals surface area contributed by atoms with Crippen molar-refractivity contribution in [2.45, 2.75) is 37.4 Å². The van der Waals surface area contributed by atoms with E-state index in [4.69, 9.17) is 0 Å². The molecule has 0 aromatic heterocycles. The predicted octanol–water partition coefficient (Wildman–Crippen LogP) is 4.34. The van der Waals surface area contributed by atoms with E-state index in [0.717, 1.165) is 17.9 Å². The highest BCUT2D eigenvalue weighted by molar-refractivity contribution is 9.09. The van der Waals surface area contributed by atoms with E-state index in [1.165, 1.54) is 19.3 Å².